The van der Waals surface area contributed by atoms with Crippen molar-refractivity contribution in [2.75, 3.05) is 32.7 Å². The van der Waals surface area contributed by atoms with E-state index >= 15 is 0 Å². The number of nitrogens with two attached hydrogens (primary N) is 1. The number of carbonyl (C=O) groups excluding carboxylic acids is 1. The zero-order valence-corrected chi connectivity index (χ0v) is 19.2. The number of aromatic nitrogens is 2. The van der Waals surface area contributed by atoms with Gasteiger partial charge in [-0.3, -0.25) is 4.79 Å². The number of rotatable bonds is 5. The number of nitrogens with zero attached hydrogens (tertiary/aromatic N) is 4. The van der Waals surface area contributed by atoms with E-state index in [2.05, 4.69) is 11.0 Å². The predicted octanol–water partition coefficient (Wildman–Crippen LogP) is 3.67. The van der Waals surface area contributed by atoms with Gasteiger partial charge in [0.1, 0.15) is 5.82 Å². The first-order chi connectivity index (χ1) is 15.1. The van der Waals surface area contributed by atoms with Gasteiger partial charge in [0.05, 0.1) is 4.88 Å². The van der Waals surface area contributed by atoms with Gasteiger partial charge in [-0.25, -0.2) is 9.97 Å². The zero-order valence-electron chi connectivity index (χ0n) is 18.4. The van der Waals surface area contributed by atoms with Gasteiger partial charge in [-0.1, -0.05) is 6.42 Å². The van der Waals surface area contributed by atoms with Crippen molar-refractivity contribution < 1.29 is 4.79 Å². The van der Waals surface area contributed by atoms with Gasteiger partial charge in [0.15, 0.2) is 0 Å². The highest BCUT2D eigenvalue weighted by Gasteiger charge is 2.28. The quantitative estimate of drug-likeness (QED) is 0.769. The standard InChI is InChI=1S/C24H33N5OS/c1-16-11-21(31-22(16)24(30)29-10-7-20(25)15-29)19-12-26-23(27-13-19)18-5-8-28(9-6-18)14-17-3-2-4-17/h11-13,17-18,20H,2-10,14-15,25H2,1H3/t20-/m0/s1. The van der Waals surface area contributed by atoms with Crippen LogP contribution in [0.3, 0.4) is 0 Å². The van der Waals surface area contributed by atoms with Crippen molar-refractivity contribution in [2.45, 2.75) is 57.4 Å². The molecule has 1 atom stereocenters. The molecule has 0 radical (unpaired) electrons. The minimum absolute atomic E-state index is 0.105. The van der Waals surface area contributed by atoms with Crippen LogP contribution in [-0.4, -0.2) is 64.4 Å². The van der Waals surface area contributed by atoms with E-state index in [0.717, 1.165) is 58.4 Å². The average Bonchev–Trinajstić information content (AvgIpc) is 3.37. The van der Waals surface area contributed by atoms with Crippen LogP contribution in [0.1, 0.15) is 65.5 Å². The van der Waals surface area contributed by atoms with E-state index in [0.29, 0.717) is 12.5 Å². The van der Waals surface area contributed by atoms with Crippen LogP contribution in [0.2, 0.25) is 0 Å². The minimum Gasteiger partial charge on any atom is -0.336 e. The Morgan fingerprint density at radius 1 is 1.13 bits per heavy atom. The molecule has 3 fully saturated rings. The molecule has 0 unspecified atom stereocenters. The third kappa shape index (κ3) is 4.54. The minimum atomic E-state index is 0.105. The molecule has 166 valence electrons. The van der Waals surface area contributed by atoms with E-state index < -0.39 is 0 Å². The molecule has 5 rings (SSSR count). The Morgan fingerprint density at radius 3 is 2.48 bits per heavy atom. The summed E-state index contributed by atoms with van der Waals surface area (Å²) in [6.07, 6.45) is 11.3. The summed E-state index contributed by atoms with van der Waals surface area (Å²) in [7, 11) is 0. The van der Waals surface area contributed by atoms with Gasteiger partial charge in [-0.2, -0.15) is 0 Å². The van der Waals surface area contributed by atoms with Crippen molar-refractivity contribution in [3.63, 3.8) is 0 Å². The van der Waals surface area contributed by atoms with Crippen molar-refractivity contribution in [3.8, 4) is 10.4 Å². The van der Waals surface area contributed by atoms with Crippen LogP contribution in [0.5, 0.6) is 0 Å². The predicted molar refractivity (Wildman–Crippen MR) is 124 cm³/mol. The molecule has 2 aromatic rings. The number of thiophene rings is 1. The third-order valence-electron chi connectivity index (χ3n) is 7.27. The summed E-state index contributed by atoms with van der Waals surface area (Å²) in [6.45, 7) is 7.04. The van der Waals surface area contributed by atoms with E-state index in [4.69, 9.17) is 15.7 Å². The Bertz CT molecular complexity index is 915. The van der Waals surface area contributed by atoms with E-state index in [9.17, 15) is 4.79 Å². The molecular formula is C24H33N5OS. The molecule has 2 N–H and O–H groups in total. The monoisotopic (exact) mass is 439 g/mol. The smallest absolute Gasteiger partial charge is 0.264 e. The number of hydrogen-bond acceptors (Lipinski definition) is 6. The highest BCUT2D eigenvalue weighted by molar-refractivity contribution is 7.17. The lowest BCUT2D eigenvalue weighted by Gasteiger charge is -2.36. The zero-order chi connectivity index (χ0) is 21.4. The van der Waals surface area contributed by atoms with E-state index in [-0.39, 0.29) is 11.9 Å². The van der Waals surface area contributed by atoms with Crippen LogP contribution >= 0.6 is 11.3 Å². The molecule has 1 aliphatic carbocycles. The molecule has 0 bridgehead atoms. The molecule has 1 amide bonds. The van der Waals surface area contributed by atoms with Gasteiger partial charge in [0.2, 0.25) is 0 Å². The summed E-state index contributed by atoms with van der Waals surface area (Å²) in [5.41, 5.74) is 8.00. The number of aryl methyl sites for hydroxylation is 1. The molecule has 4 heterocycles. The Hall–Kier alpha value is -1.83. The lowest BCUT2D eigenvalue weighted by atomic mass is 9.84. The van der Waals surface area contributed by atoms with Crippen LogP contribution in [0.4, 0.5) is 0 Å². The van der Waals surface area contributed by atoms with Crippen molar-refractivity contribution in [2.24, 2.45) is 11.7 Å². The number of amides is 1. The maximum atomic E-state index is 12.9. The summed E-state index contributed by atoms with van der Waals surface area (Å²) in [4.78, 5) is 28.7. The molecule has 2 aromatic heterocycles. The van der Waals surface area contributed by atoms with Crippen LogP contribution < -0.4 is 5.73 Å². The average molecular weight is 440 g/mol. The van der Waals surface area contributed by atoms with Crippen LogP contribution in [0.15, 0.2) is 18.5 Å². The number of hydrogen-bond donors (Lipinski definition) is 1. The molecule has 3 aliphatic rings. The van der Waals surface area contributed by atoms with Gasteiger partial charge in [0.25, 0.3) is 5.91 Å². The van der Waals surface area contributed by atoms with Crippen molar-refractivity contribution >= 4 is 17.2 Å². The van der Waals surface area contributed by atoms with Gasteiger partial charge in [-0.05, 0) is 69.7 Å². The Morgan fingerprint density at radius 2 is 1.87 bits per heavy atom. The van der Waals surface area contributed by atoms with E-state index in [1.54, 1.807) is 11.3 Å². The summed E-state index contributed by atoms with van der Waals surface area (Å²) in [5.74, 6) is 2.49. The number of carbonyl (C=O) groups is 1. The van der Waals surface area contributed by atoms with Gasteiger partial charge in [0, 0.05) is 54.4 Å². The fourth-order valence-electron chi connectivity index (χ4n) is 5.04. The topological polar surface area (TPSA) is 75.4 Å². The maximum Gasteiger partial charge on any atom is 0.264 e. The first-order valence-electron chi connectivity index (χ1n) is 11.8. The highest BCUT2D eigenvalue weighted by Crippen LogP contribution is 2.34. The first-order valence-corrected chi connectivity index (χ1v) is 12.6. The molecular weight excluding hydrogens is 406 g/mol. The molecule has 2 aliphatic heterocycles. The molecule has 1 saturated carbocycles. The van der Waals surface area contributed by atoms with E-state index in [1.165, 1.54) is 38.9 Å². The fraction of sp³-hybridized carbons (Fsp3) is 0.625. The van der Waals surface area contributed by atoms with Crippen LogP contribution in [-0.2, 0) is 0 Å². The van der Waals surface area contributed by atoms with Crippen molar-refractivity contribution in [1.29, 1.82) is 0 Å². The van der Waals surface area contributed by atoms with Crippen LogP contribution in [0, 0.1) is 12.8 Å². The second-order valence-electron chi connectivity index (χ2n) is 9.62. The molecule has 6 nitrogen and oxygen atoms in total. The molecule has 2 saturated heterocycles. The molecule has 0 aromatic carbocycles. The molecule has 31 heavy (non-hydrogen) atoms. The van der Waals surface area contributed by atoms with E-state index in [1.807, 2.05) is 24.2 Å². The number of likely N-dealkylation sites (tertiary alicyclic amines) is 2. The molecule has 0 spiro atoms. The Balaban J connectivity index is 1.22. The second-order valence-corrected chi connectivity index (χ2v) is 10.7. The van der Waals surface area contributed by atoms with Gasteiger partial charge in [-0.15, -0.1) is 11.3 Å². The van der Waals surface area contributed by atoms with Crippen molar-refractivity contribution in [3.05, 3.63) is 34.7 Å². The summed E-state index contributed by atoms with van der Waals surface area (Å²) >= 11 is 1.55. The van der Waals surface area contributed by atoms with Gasteiger partial charge >= 0.3 is 0 Å². The summed E-state index contributed by atoms with van der Waals surface area (Å²) < 4.78 is 0. The lowest BCUT2D eigenvalue weighted by molar-refractivity contribution is 0.0795. The van der Waals surface area contributed by atoms with Gasteiger partial charge < -0.3 is 15.5 Å². The fourth-order valence-corrected chi connectivity index (χ4v) is 6.16. The number of piperidine rings is 1. The largest absolute Gasteiger partial charge is 0.336 e. The SMILES string of the molecule is Cc1cc(-c2cnc(C3CCN(CC4CCC4)CC3)nc2)sc1C(=O)N1CC[C@H](N)C1. The summed E-state index contributed by atoms with van der Waals surface area (Å²) in [6, 6.07) is 2.19. The highest BCUT2D eigenvalue weighted by atomic mass is 32.1. The van der Waals surface area contributed by atoms with Crippen molar-refractivity contribution in [1.82, 2.24) is 19.8 Å². The Kier molecular flexibility index (Phi) is 6.08. The maximum absolute atomic E-state index is 12.9. The summed E-state index contributed by atoms with van der Waals surface area (Å²) in [5, 5.41) is 0. The Labute approximate surface area is 188 Å². The van der Waals surface area contributed by atoms with Crippen LogP contribution in [0.25, 0.3) is 10.4 Å². The second kappa shape index (κ2) is 8.96. The normalized spacial score (nSPS) is 23.3. The lowest BCUT2D eigenvalue weighted by Crippen LogP contribution is -2.38. The first kappa shape index (κ1) is 21.0. The molecule has 7 heteroatoms. The third-order valence-corrected chi connectivity index (χ3v) is 8.55.